The number of rotatable bonds is 4. The number of aromatic nitrogens is 2. The summed E-state index contributed by atoms with van der Waals surface area (Å²) in [6.45, 7) is 1.74. The van der Waals surface area contributed by atoms with Gasteiger partial charge in [-0.05, 0) is 18.6 Å². The fourth-order valence-corrected chi connectivity index (χ4v) is 2.65. The van der Waals surface area contributed by atoms with Crippen molar-refractivity contribution in [1.82, 2.24) is 9.97 Å². The number of anilines is 2. The van der Waals surface area contributed by atoms with Crippen LogP contribution in [0.4, 0.5) is 11.6 Å². The van der Waals surface area contributed by atoms with E-state index in [1.807, 2.05) is 6.07 Å². The number of sulfonamides is 1. The highest BCUT2D eigenvalue weighted by Crippen LogP contribution is 2.21. The third-order valence-electron chi connectivity index (χ3n) is 2.79. The maximum Gasteiger partial charge on any atom is 0.265 e. The number of nitrogens with one attached hydrogen (secondary N) is 2. The lowest BCUT2D eigenvalue weighted by atomic mass is 10.1. The molecule has 0 saturated carbocycles. The fourth-order valence-electron chi connectivity index (χ4n) is 1.69. The second-order valence-electron chi connectivity index (χ2n) is 4.21. The number of hydrogen-bond donors (Lipinski definition) is 2. The van der Waals surface area contributed by atoms with Gasteiger partial charge in [-0.25, -0.2) is 18.4 Å². The van der Waals surface area contributed by atoms with Gasteiger partial charge in [0.05, 0.1) is 23.6 Å². The standard InChI is InChI=1S/C13H13N5O2S/c1-9-4-3-5-12(11(9)6-14)18-21(19,20)10-7-16-13(15-2)17-8-10/h3-5,7-8,18H,1-2H3,(H,15,16,17). The second kappa shape index (κ2) is 5.76. The van der Waals surface area contributed by atoms with E-state index in [1.165, 1.54) is 18.5 Å². The van der Waals surface area contributed by atoms with Crippen LogP contribution in [0.25, 0.3) is 0 Å². The van der Waals surface area contributed by atoms with Crippen LogP contribution < -0.4 is 10.0 Å². The molecule has 0 aliphatic carbocycles. The Bertz CT molecular complexity index is 794. The van der Waals surface area contributed by atoms with Crippen molar-refractivity contribution in [2.75, 3.05) is 17.1 Å². The predicted molar refractivity (Wildman–Crippen MR) is 78.3 cm³/mol. The van der Waals surface area contributed by atoms with Gasteiger partial charge in [0.15, 0.2) is 0 Å². The minimum absolute atomic E-state index is 0.0769. The molecule has 0 bridgehead atoms. The highest BCUT2D eigenvalue weighted by atomic mass is 32.2. The predicted octanol–water partition coefficient (Wildman–Crippen LogP) is 1.50. The lowest BCUT2D eigenvalue weighted by molar-refractivity contribution is 0.600. The quantitative estimate of drug-likeness (QED) is 0.886. The Kier molecular flexibility index (Phi) is 4.05. The largest absolute Gasteiger partial charge is 0.357 e. The molecule has 21 heavy (non-hydrogen) atoms. The van der Waals surface area contributed by atoms with Gasteiger partial charge in [0.1, 0.15) is 11.0 Å². The molecule has 2 rings (SSSR count). The van der Waals surface area contributed by atoms with Crippen LogP contribution in [-0.2, 0) is 10.0 Å². The summed E-state index contributed by atoms with van der Waals surface area (Å²) < 4.78 is 26.9. The van der Waals surface area contributed by atoms with Gasteiger partial charge >= 0.3 is 0 Å². The van der Waals surface area contributed by atoms with Crippen molar-refractivity contribution in [3.05, 3.63) is 41.7 Å². The van der Waals surface area contributed by atoms with Crippen molar-refractivity contribution < 1.29 is 8.42 Å². The van der Waals surface area contributed by atoms with Crippen molar-refractivity contribution >= 4 is 21.7 Å². The van der Waals surface area contributed by atoms with Crippen LogP contribution in [0.5, 0.6) is 0 Å². The molecule has 0 amide bonds. The Labute approximate surface area is 122 Å². The molecule has 0 aliphatic rings. The van der Waals surface area contributed by atoms with Crippen molar-refractivity contribution in [2.24, 2.45) is 0 Å². The van der Waals surface area contributed by atoms with Gasteiger partial charge < -0.3 is 5.32 Å². The Morgan fingerprint density at radius 1 is 1.24 bits per heavy atom. The summed E-state index contributed by atoms with van der Waals surface area (Å²) in [6.07, 6.45) is 2.39. The van der Waals surface area contributed by atoms with Crippen LogP contribution in [0.2, 0.25) is 0 Å². The van der Waals surface area contributed by atoms with Gasteiger partial charge in [-0.15, -0.1) is 0 Å². The normalized spacial score (nSPS) is 10.7. The topological polar surface area (TPSA) is 108 Å². The molecular formula is C13H13N5O2S. The molecule has 0 fully saturated rings. The average Bonchev–Trinajstić information content (AvgIpc) is 2.47. The molecule has 108 valence electrons. The molecule has 1 aromatic carbocycles. The molecule has 0 spiro atoms. The van der Waals surface area contributed by atoms with Gasteiger partial charge in [-0.3, -0.25) is 4.72 Å². The summed E-state index contributed by atoms with van der Waals surface area (Å²) in [5, 5.41) is 11.8. The number of nitrogens with zero attached hydrogens (tertiary/aromatic N) is 3. The Hall–Kier alpha value is -2.66. The number of benzene rings is 1. The first-order valence-electron chi connectivity index (χ1n) is 6.00. The van der Waals surface area contributed by atoms with E-state index in [1.54, 1.807) is 26.1 Å². The monoisotopic (exact) mass is 303 g/mol. The van der Waals surface area contributed by atoms with Gasteiger partial charge in [0.2, 0.25) is 5.95 Å². The van der Waals surface area contributed by atoms with Gasteiger partial charge in [0.25, 0.3) is 10.0 Å². The summed E-state index contributed by atoms with van der Waals surface area (Å²) in [7, 11) is -2.21. The Morgan fingerprint density at radius 2 is 1.90 bits per heavy atom. The van der Waals surface area contributed by atoms with Gasteiger partial charge in [0, 0.05) is 7.05 Å². The highest BCUT2D eigenvalue weighted by Gasteiger charge is 2.17. The molecule has 7 nitrogen and oxygen atoms in total. The van der Waals surface area contributed by atoms with E-state index in [9.17, 15) is 8.42 Å². The Morgan fingerprint density at radius 3 is 2.48 bits per heavy atom. The van der Waals surface area contributed by atoms with Crippen molar-refractivity contribution in [3.8, 4) is 6.07 Å². The summed E-state index contributed by atoms with van der Waals surface area (Å²) in [5.74, 6) is 0.321. The summed E-state index contributed by atoms with van der Waals surface area (Å²) in [5.41, 5.74) is 1.21. The summed E-state index contributed by atoms with van der Waals surface area (Å²) in [6, 6.07) is 6.93. The van der Waals surface area contributed by atoms with Gasteiger partial charge in [-0.2, -0.15) is 5.26 Å². The lowest BCUT2D eigenvalue weighted by Gasteiger charge is -2.10. The smallest absolute Gasteiger partial charge is 0.265 e. The maximum absolute atomic E-state index is 12.3. The molecule has 0 saturated heterocycles. The maximum atomic E-state index is 12.3. The van der Waals surface area contributed by atoms with Crippen LogP contribution in [0.15, 0.2) is 35.5 Å². The zero-order valence-corrected chi connectivity index (χ0v) is 12.3. The molecular weight excluding hydrogens is 290 g/mol. The minimum atomic E-state index is -3.84. The van der Waals surface area contributed by atoms with E-state index in [4.69, 9.17) is 5.26 Å². The minimum Gasteiger partial charge on any atom is -0.357 e. The summed E-state index contributed by atoms with van der Waals surface area (Å²) >= 11 is 0. The molecule has 0 atom stereocenters. The molecule has 8 heteroatoms. The van der Waals surface area contributed by atoms with Crippen LogP contribution in [0.3, 0.4) is 0 Å². The first-order valence-corrected chi connectivity index (χ1v) is 7.48. The fraction of sp³-hybridized carbons (Fsp3) is 0.154. The SMILES string of the molecule is CNc1ncc(S(=O)(=O)Nc2cccc(C)c2C#N)cn1. The third kappa shape index (κ3) is 3.09. The van der Waals surface area contributed by atoms with Crippen LogP contribution in [0, 0.1) is 18.3 Å². The van der Waals surface area contributed by atoms with Crippen molar-refractivity contribution in [3.63, 3.8) is 0 Å². The first-order chi connectivity index (χ1) is 9.97. The first kappa shape index (κ1) is 14.7. The molecule has 0 radical (unpaired) electrons. The highest BCUT2D eigenvalue weighted by molar-refractivity contribution is 7.92. The third-order valence-corrected chi connectivity index (χ3v) is 4.11. The van der Waals surface area contributed by atoms with Crippen LogP contribution in [-0.4, -0.2) is 25.4 Å². The molecule has 2 aromatic rings. The van der Waals surface area contributed by atoms with E-state index in [0.717, 1.165) is 0 Å². The molecule has 0 aliphatic heterocycles. The second-order valence-corrected chi connectivity index (χ2v) is 5.89. The van der Waals surface area contributed by atoms with Gasteiger partial charge in [-0.1, -0.05) is 12.1 Å². The van der Waals surface area contributed by atoms with E-state index in [0.29, 0.717) is 11.5 Å². The van der Waals surface area contributed by atoms with E-state index >= 15 is 0 Å². The van der Waals surface area contributed by atoms with Crippen LogP contribution >= 0.6 is 0 Å². The lowest BCUT2D eigenvalue weighted by Crippen LogP contribution is -2.15. The molecule has 1 heterocycles. The van der Waals surface area contributed by atoms with Crippen molar-refractivity contribution in [2.45, 2.75) is 11.8 Å². The average molecular weight is 303 g/mol. The zero-order chi connectivity index (χ0) is 15.5. The molecule has 2 N–H and O–H groups in total. The zero-order valence-electron chi connectivity index (χ0n) is 11.5. The Balaban J connectivity index is 2.38. The van der Waals surface area contributed by atoms with E-state index < -0.39 is 10.0 Å². The van der Waals surface area contributed by atoms with Crippen molar-refractivity contribution in [1.29, 1.82) is 5.26 Å². The molecule has 1 aromatic heterocycles. The van der Waals surface area contributed by atoms with E-state index in [2.05, 4.69) is 20.0 Å². The molecule has 0 unspecified atom stereocenters. The van der Waals surface area contributed by atoms with Crippen LogP contribution in [0.1, 0.15) is 11.1 Å². The number of nitriles is 1. The summed E-state index contributed by atoms with van der Waals surface area (Å²) in [4.78, 5) is 7.64. The number of aryl methyl sites for hydroxylation is 1. The number of hydrogen-bond acceptors (Lipinski definition) is 6. The van der Waals surface area contributed by atoms with E-state index in [-0.39, 0.29) is 16.1 Å².